The number of nitriles is 1. The quantitative estimate of drug-likeness (QED) is 0.886. The summed E-state index contributed by atoms with van der Waals surface area (Å²) in [5, 5.41) is 20.6. The second-order valence-electron chi connectivity index (χ2n) is 4.14. The Labute approximate surface area is 127 Å². The minimum Gasteiger partial charge on any atom is -0.360 e. The minimum atomic E-state index is -0.238. The zero-order valence-corrected chi connectivity index (χ0v) is 12.4. The van der Waals surface area contributed by atoms with Crippen LogP contribution in [0.25, 0.3) is 0 Å². The van der Waals surface area contributed by atoms with Gasteiger partial charge in [0.2, 0.25) is 10.1 Å². The number of amides is 1. The highest BCUT2D eigenvalue weighted by molar-refractivity contribution is 7.17. The average molecular weight is 301 g/mol. The summed E-state index contributed by atoms with van der Waals surface area (Å²) in [5.74, 6) is -0.238. The molecule has 0 spiro atoms. The van der Waals surface area contributed by atoms with Crippen LogP contribution in [-0.4, -0.2) is 29.2 Å². The second-order valence-corrected chi connectivity index (χ2v) is 5.12. The predicted octanol–water partition coefficient (Wildman–Crippen LogP) is 2.53. The number of aromatic nitrogens is 2. The van der Waals surface area contributed by atoms with Gasteiger partial charge in [-0.05, 0) is 19.1 Å². The molecule has 2 aromatic rings. The van der Waals surface area contributed by atoms with Gasteiger partial charge >= 0.3 is 0 Å². The van der Waals surface area contributed by atoms with Gasteiger partial charge in [-0.2, -0.15) is 5.26 Å². The van der Waals surface area contributed by atoms with Crippen LogP contribution in [0, 0.1) is 11.3 Å². The molecule has 1 N–H and O–H groups in total. The molecule has 21 heavy (non-hydrogen) atoms. The Morgan fingerprint density at radius 3 is 2.81 bits per heavy atom. The van der Waals surface area contributed by atoms with Crippen molar-refractivity contribution in [2.24, 2.45) is 0 Å². The summed E-state index contributed by atoms with van der Waals surface area (Å²) in [6.07, 6.45) is 0.263. The van der Waals surface area contributed by atoms with Crippen LogP contribution in [-0.2, 0) is 0 Å². The average Bonchev–Trinajstić information content (AvgIpc) is 2.97. The maximum Gasteiger partial charge on any atom is 0.289 e. The van der Waals surface area contributed by atoms with Gasteiger partial charge in [-0.15, -0.1) is 10.2 Å². The van der Waals surface area contributed by atoms with Crippen molar-refractivity contribution in [2.75, 3.05) is 23.3 Å². The minimum absolute atomic E-state index is 0.238. The highest BCUT2D eigenvalue weighted by Crippen LogP contribution is 2.21. The summed E-state index contributed by atoms with van der Waals surface area (Å²) in [7, 11) is 0. The number of nitrogens with one attached hydrogen (secondary N) is 1. The number of carbonyl (C=O) groups is 1. The van der Waals surface area contributed by atoms with Crippen molar-refractivity contribution >= 4 is 28.1 Å². The Morgan fingerprint density at radius 2 is 2.14 bits per heavy atom. The summed E-state index contributed by atoms with van der Waals surface area (Å²) < 4.78 is 0. The van der Waals surface area contributed by atoms with Crippen LogP contribution < -0.4 is 10.2 Å². The first kappa shape index (κ1) is 14.9. The zero-order valence-electron chi connectivity index (χ0n) is 11.6. The maximum absolute atomic E-state index is 12.6. The van der Waals surface area contributed by atoms with Gasteiger partial charge in [-0.25, -0.2) is 0 Å². The Hall–Kier alpha value is -2.46. The number of carbonyl (C=O) groups excluding carboxylic acids is 1. The molecular weight excluding hydrogens is 286 g/mol. The molecule has 0 saturated heterocycles. The number of hydrogen-bond donors (Lipinski definition) is 1. The third-order valence-corrected chi connectivity index (χ3v) is 3.57. The second kappa shape index (κ2) is 7.36. The van der Waals surface area contributed by atoms with Crippen LogP contribution in [0.15, 0.2) is 30.3 Å². The number of para-hydroxylation sites is 1. The number of rotatable bonds is 6. The topological polar surface area (TPSA) is 81.9 Å². The highest BCUT2D eigenvalue weighted by atomic mass is 32.1. The SMILES string of the molecule is CCNc1nnc(C(=O)N(CCC#N)c2ccccc2)s1. The van der Waals surface area contributed by atoms with Crippen LogP contribution in [0.3, 0.4) is 0 Å². The molecule has 1 heterocycles. The molecule has 0 unspecified atom stereocenters. The molecule has 0 radical (unpaired) electrons. The smallest absolute Gasteiger partial charge is 0.289 e. The fourth-order valence-electron chi connectivity index (χ4n) is 1.77. The van der Waals surface area contributed by atoms with Gasteiger partial charge in [-0.3, -0.25) is 4.79 Å². The van der Waals surface area contributed by atoms with Crippen LogP contribution in [0.5, 0.6) is 0 Å². The lowest BCUT2D eigenvalue weighted by molar-refractivity contribution is 0.0986. The molecule has 0 aliphatic rings. The molecule has 0 aliphatic carbocycles. The van der Waals surface area contributed by atoms with Gasteiger partial charge in [0, 0.05) is 18.8 Å². The molecule has 1 aromatic heterocycles. The van der Waals surface area contributed by atoms with Crippen molar-refractivity contribution in [3.05, 3.63) is 35.3 Å². The monoisotopic (exact) mass is 301 g/mol. The fraction of sp³-hybridized carbons (Fsp3) is 0.286. The maximum atomic E-state index is 12.6. The normalized spacial score (nSPS) is 9.90. The van der Waals surface area contributed by atoms with E-state index in [2.05, 4.69) is 21.6 Å². The predicted molar refractivity (Wildman–Crippen MR) is 82.4 cm³/mol. The molecule has 0 fully saturated rings. The zero-order chi connectivity index (χ0) is 15.1. The van der Waals surface area contributed by atoms with Crippen molar-refractivity contribution in [2.45, 2.75) is 13.3 Å². The van der Waals surface area contributed by atoms with Gasteiger partial charge in [0.15, 0.2) is 0 Å². The van der Waals surface area contributed by atoms with Crippen LogP contribution in [0.2, 0.25) is 0 Å². The summed E-state index contributed by atoms with van der Waals surface area (Å²) in [6, 6.07) is 11.3. The van der Waals surface area contributed by atoms with E-state index in [1.165, 1.54) is 11.3 Å². The van der Waals surface area contributed by atoms with Gasteiger partial charge in [0.25, 0.3) is 5.91 Å². The van der Waals surface area contributed by atoms with E-state index >= 15 is 0 Å². The van der Waals surface area contributed by atoms with Gasteiger partial charge in [0.1, 0.15) is 0 Å². The third kappa shape index (κ3) is 3.77. The van der Waals surface area contributed by atoms with E-state index in [0.29, 0.717) is 16.7 Å². The van der Waals surface area contributed by atoms with Crippen molar-refractivity contribution in [3.8, 4) is 6.07 Å². The first-order valence-corrected chi connectivity index (χ1v) is 7.39. The Bertz CT molecular complexity index is 634. The molecule has 2 rings (SSSR count). The van der Waals surface area contributed by atoms with Crippen molar-refractivity contribution in [1.82, 2.24) is 10.2 Å². The van der Waals surface area contributed by atoms with Gasteiger partial charge < -0.3 is 10.2 Å². The van der Waals surface area contributed by atoms with Crippen molar-refractivity contribution < 1.29 is 4.79 Å². The Morgan fingerprint density at radius 1 is 1.38 bits per heavy atom. The number of benzene rings is 1. The Balaban J connectivity index is 2.23. The van der Waals surface area contributed by atoms with E-state index in [0.717, 1.165) is 12.2 Å². The molecule has 6 nitrogen and oxygen atoms in total. The van der Waals surface area contributed by atoms with Crippen LogP contribution in [0.1, 0.15) is 23.1 Å². The van der Waals surface area contributed by atoms with Gasteiger partial charge in [-0.1, -0.05) is 29.5 Å². The highest BCUT2D eigenvalue weighted by Gasteiger charge is 2.21. The summed E-state index contributed by atoms with van der Waals surface area (Å²) in [6.45, 7) is 3.00. The lowest BCUT2D eigenvalue weighted by atomic mass is 10.2. The van der Waals surface area contributed by atoms with Crippen molar-refractivity contribution in [3.63, 3.8) is 0 Å². The molecule has 0 saturated carbocycles. The van der Waals surface area contributed by atoms with E-state index in [1.54, 1.807) is 4.90 Å². The van der Waals surface area contributed by atoms with E-state index in [4.69, 9.17) is 5.26 Å². The number of nitrogens with zero attached hydrogens (tertiary/aromatic N) is 4. The first-order chi connectivity index (χ1) is 10.3. The molecule has 0 aliphatic heterocycles. The van der Waals surface area contributed by atoms with Crippen molar-refractivity contribution in [1.29, 1.82) is 5.26 Å². The lowest BCUT2D eigenvalue weighted by Crippen LogP contribution is -2.31. The fourth-order valence-corrected chi connectivity index (χ4v) is 2.53. The molecule has 1 aromatic carbocycles. The number of hydrogen-bond acceptors (Lipinski definition) is 6. The summed E-state index contributed by atoms with van der Waals surface area (Å²) in [4.78, 5) is 14.1. The molecule has 1 amide bonds. The molecule has 108 valence electrons. The summed E-state index contributed by atoms with van der Waals surface area (Å²) in [5.41, 5.74) is 0.748. The first-order valence-electron chi connectivity index (χ1n) is 6.57. The molecule has 7 heteroatoms. The largest absolute Gasteiger partial charge is 0.360 e. The summed E-state index contributed by atoms with van der Waals surface area (Å²) >= 11 is 1.21. The van der Waals surface area contributed by atoms with Gasteiger partial charge in [0.05, 0.1) is 12.5 Å². The van der Waals surface area contributed by atoms with E-state index in [-0.39, 0.29) is 12.3 Å². The Kier molecular flexibility index (Phi) is 5.23. The molecule has 0 atom stereocenters. The molecular formula is C14H15N5OS. The van der Waals surface area contributed by atoms with E-state index in [9.17, 15) is 4.79 Å². The lowest BCUT2D eigenvalue weighted by Gasteiger charge is -2.20. The van der Waals surface area contributed by atoms with E-state index < -0.39 is 0 Å². The standard InChI is InChI=1S/C14H15N5OS/c1-2-16-14-18-17-12(21-14)13(20)19(10-6-9-15)11-7-4-3-5-8-11/h3-5,7-8H,2,6,10H2,1H3,(H,16,18). The van der Waals surface area contributed by atoms with Crippen LogP contribution >= 0.6 is 11.3 Å². The third-order valence-electron chi connectivity index (χ3n) is 2.70. The molecule has 0 bridgehead atoms. The van der Waals surface area contributed by atoms with E-state index in [1.807, 2.05) is 37.3 Å². The van der Waals surface area contributed by atoms with Crippen LogP contribution in [0.4, 0.5) is 10.8 Å². The number of anilines is 2.